The van der Waals surface area contributed by atoms with E-state index in [0.29, 0.717) is 4.47 Å². The Morgan fingerprint density at radius 2 is 2.18 bits per heavy atom. The summed E-state index contributed by atoms with van der Waals surface area (Å²) in [4.78, 5) is 24.4. The number of amides is 2. The lowest BCUT2D eigenvalue weighted by Gasteiger charge is -2.31. The predicted octanol–water partition coefficient (Wildman–Crippen LogP) is 1.44. The maximum atomic E-state index is 13.6. The molecule has 1 aromatic rings. The van der Waals surface area contributed by atoms with Gasteiger partial charge in [0.1, 0.15) is 18.4 Å². The third kappa shape index (κ3) is 2.31. The van der Waals surface area contributed by atoms with Crippen molar-refractivity contribution >= 4 is 33.4 Å². The number of hydrogen-bond donors (Lipinski definition) is 1. The van der Waals surface area contributed by atoms with Crippen molar-refractivity contribution in [3.8, 4) is 0 Å². The Balaban J connectivity index is 2.41. The number of nitrogens with zero attached hydrogens (tertiary/aromatic N) is 1. The molecule has 4 nitrogen and oxygen atoms in total. The van der Waals surface area contributed by atoms with Crippen molar-refractivity contribution in [1.82, 2.24) is 5.32 Å². The van der Waals surface area contributed by atoms with E-state index in [-0.39, 0.29) is 24.0 Å². The zero-order valence-corrected chi connectivity index (χ0v) is 10.6. The van der Waals surface area contributed by atoms with Gasteiger partial charge in [0, 0.05) is 4.47 Å². The number of rotatable bonds is 1. The Kier molecular flexibility index (Phi) is 3.15. The first-order valence-corrected chi connectivity index (χ1v) is 5.84. The lowest BCUT2D eigenvalue weighted by atomic mass is 10.2. The second-order valence-corrected chi connectivity index (χ2v) is 4.72. The molecule has 1 atom stereocenters. The smallest absolute Gasteiger partial charge is 0.249 e. The van der Waals surface area contributed by atoms with E-state index in [1.54, 1.807) is 6.92 Å². The van der Waals surface area contributed by atoms with E-state index in [2.05, 4.69) is 21.2 Å². The van der Waals surface area contributed by atoms with Gasteiger partial charge in [0.05, 0.1) is 5.69 Å². The standard InChI is InChI=1S/C11H10BrFN2O2/c1-6-11(17)15(5-10(16)14-6)9-4-7(12)2-3-8(9)13/h2-4,6H,5H2,1H3,(H,14,16). The summed E-state index contributed by atoms with van der Waals surface area (Å²) in [6, 6.07) is 3.65. The highest BCUT2D eigenvalue weighted by molar-refractivity contribution is 9.10. The Morgan fingerprint density at radius 1 is 1.47 bits per heavy atom. The van der Waals surface area contributed by atoms with Crippen molar-refractivity contribution in [1.29, 1.82) is 0 Å². The first-order valence-electron chi connectivity index (χ1n) is 5.05. The molecule has 0 radical (unpaired) electrons. The molecule has 1 N–H and O–H groups in total. The van der Waals surface area contributed by atoms with Crippen LogP contribution in [0.3, 0.4) is 0 Å². The normalized spacial score (nSPS) is 20.4. The first kappa shape index (κ1) is 12.0. The molecule has 0 bridgehead atoms. The first-order chi connectivity index (χ1) is 7.99. The fraction of sp³-hybridized carbons (Fsp3) is 0.273. The van der Waals surface area contributed by atoms with Crippen LogP contribution in [0, 0.1) is 5.82 Å². The van der Waals surface area contributed by atoms with Crippen molar-refractivity contribution in [3.05, 3.63) is 28.5 Å². The molecule has 0 aliphatic carbocycles. The monoisotopic (exact) mass is 300 g/mol. The minimum absolute atomic E-state index is 0.117. The minimum Gasteiger partial charge on any atom is -0.343 e. The lowest BCUT2D eigenvalue weighted by Crippen LogP contribution is -2.57. The number of hydrogen-bond acceptors (Lipinski definition) is 2. The molecule has 1 aliphatic rings. The van der Waals surface area contributed by atoms with E-state index in [1.165, 1.54) is 18.2 Å². The van der Waals surface area contributed by atoms with Crippen LogP contribution in [0.2, 0.25) is 0 Å². The average molecular weight is 301 g/mol. The number of anilines is 1. The number of carbonyl (C=O) groups excluding carboxylic acids is 2. The third-order valence-electron chi connectivity index (χ3n) is 2.51. The molecule has 1 aliphatic heterocycles. The topological polar surface area (TPSA) is 49.4 Å². The summed E-state index contributed by atoms with van der Waals surface area (Å²) < 4.78 is 14.3. The molecule has 1 unspecified atom stereocenters. The summed E-state index contributed by atoms with van der Waals surface area (Å²) in [7, 11) is 0. The van der Waals surface area contributed by atoms with E-state index in [9.17, 15) is 14.0 Å². The molecular formula is C11H10BrFN2O2. The number of piperazine rings is 1. The zero-order chi connectivity index (χ0) is 12.6. The maximum absolute atomic E-state index is 13.6. The molecule has 1 fully saturated rings. The molecule has 1 saturated heterocycles. The summed E-state index contributed by atoms with van der Waals surface area (Å²) in [5.41, 5.74) is 0.117. The van der Waals surface area contributed by atoms with E-state index >= 15 is 0 Å². The Hall–Kier alpha value is -1.43. The molecule has 2 amide bonds. The quantitative estimate of drug-likeness (QED) is 0.853. The van der Waals surface area contributed by atoms with Crippen molar-refractivity contribution in [3.63, 3.8) is 0 Å². The van der Waals surface area contributed by atoms with Crippen LogP contribution >= 0.6 is 15.9 Å². The van der Waals surface area contributed by atoms with E-state index < -0.39 is 11.9 Å². The SMILES string of the molecule is CC1NC(=O)CN(c2cc(Br)ccc2F)C1=O. The molecule has 2 rings (SSSR count). The van der Waals surface area contributed by atoms with Crippen LogP contribution in [0.1, 0.15) is 6.92 Å². The van der Waals surface area contributed by atoms with Crippen LogP contribution < -0.4 is 10.2 Å². The van der Waals surface area contributed by atoms with Gasteiger partial charge in [-0.15, -0.1) is 0 Å². The van der Waals surface area contributed by atoms with Gasteiger partial charge in [-0.2, -0.15) is 0 Å². The van der Waals surface area contributed by atoms with Crippen LogP contribution in [0.5, 0.6) is 0 Å². The second-order valence-electron chi connectivity index (χ2n) is 3.81. The highest BCUT2D eigenvalue weighted by Crippen LogP contribution is 2.25. The summed E-state index contributed by atoms with van der Waals surface area (Å²) in [5.74, 6) is -1.14. The third-order valence-corrected chi connectivity index (χ3v) is 3.01. The summed E-state index contributed by atoms with van der Waals surface area (Å²) in [6.45, 7) is 1.42. The number of benzene rings is 1. The molecule has 1 heterocycles. The van der Waals surface area contributed by atoms with E-state index in [4.69, 9.17) is 0 Å². The van der Waals surface area contributed by atoms with E-state index in [1.807, 2.05) is 0 Å². The number of carbonyl (C=O) groups is 2. The van der Waals surface area contributed by atoms with Crippen molar-refractivity contribution in [2.24, 2.45) is 0 Å². The average Bonchev–Trinajstić information content (AvgIpc) is 2.27. The van der Waals surface area contributed by atoms with Crippen molar-refractivity contribution in [2.45, 2.75) is 13.0 Å². The van der Waals surface area contributed by atoms with Gasteiger partial charge < -0.3 is 5.32 Å². The van der Waals surface area contributed by atoms with Crippen LogP contribution in [-0.2, 0) is 9.59 Å². The van der Waals surface area contributed by atoms with Crippen molar-refractivity contribution in [2.75, 3.05) is 11.4 Å². The van der Waals surface area contributed by atoms with Gasteiger partial charge in [-0.05, 0) is 25.1 Å². The molecule has 1 aromatic carbocycles. The van der Waals surface area contributed by atoms with Gasteiger partial charge in [0.25, 0.3) is 0 Å². The fourth-order valence-electron chi connectivity index (χ4n) is 1.70. The maximum Gasteiger partial charge on any atom is 0.249 e. The van der Waals surface area contributed by atoms with Gasteiger partial charge in [-0.1, -0.05) is 15.9 Å². The number of nitrogens with one attached hydrogen (secondary N) is 1. The van der Waals surface area contributed by atoms with Crippen LogP contribution in [0.25, 0.3) is 0 Å². The lowest BCUT2D eigenvalue weighted by molar-refractivity contribution is -0.130. The second kappa shape index (κ2) is 4.44. The highest BCUT2D eigenvalue weighted by Gasteiger charge is 2.31. The van der Waals surface area contributed by atoms with Crippen LogP contribution in [0.15, 0.2) is 22.7 Å². The highest BCUT2D eigenvalue weighted by atomic mass is 79.9. The fourth-order valence-corrected chi connectivity index (χ4v) is 2.05. The van der Waals surface area contributed by atoms with Gasteiger partial charge in [-0.3, -0.25) is 14.5 Å². The van der Waals surface area contributed by atoms with Crippen LogP contribution in [-0.4, -0.2) is 24.4 Å². The molecule has 0 spiro atoms. The van der Waals surface area contributed by atoms with Crippen molar-refractivity contribution < 1.29 is 14.0 Å². The Labute approximate surface area is 106 Å². The zero-order valence-electron chi connectivity index (χ0n) is 9.04. The largest absolute Gasteiger partial charge is 0.343 e. The predicted molar refractivity (Wildman–Crippen MR) is 64.1 cm³/mol. The van der Waals surface area contributed by atoms with Gasteiger partial charge in [0.15, 0.2) is 0 Å². The molecule has 0 aromatic heterocycles. The summed E-state index contributed by atoms with van der Waals surface area (Å²) in [5, 5.41) is 2.50. The summed E-state index contributed by atoms with van der Waals surface area (Å²) in [6.07, 6.45) is 0. The van der Waals surface area contributed by atoms with Gasteiger partial charge >= 0.3 is 0 Å². The Morgan fingerprint density at radius 3 is 2.88 bits per heavy atom. The molecule has 90 valence electrons. The summed E-state index contributed by atoms with van der Waals surface area (Å²) >= 11 is 3.21. The molecule has 17 heavy (non-hydrogen) atoms. The van der Waals surface area contributed by atoms with Gasteiger partial charge in [-0.25, -0.2) is 4.39 Å². The Bertz CT molecular complexity index is 492. The molecule has 0 saturated carbocycles. The molecule has 6 heteroatoms. The van der Waals surface area contributed by atoms with Gasteiger partial charge in [0.2, 0.25) is 11.8 Å². The van der Waals surface area contributed by atoms with E-state index in [0.717, 1.165) is 4.90 Å². The number of halogens is 2. The molecular weight excluding hydrogens is 291 g/mol. The van der Waals surface area contributed by atoms with Crippen LogP contribution in [0.4, 0.5) is 10.1 Å². The minimum atomic E-state index is -0.630.